The van der Waals surface area contributed by atoms with Crippen molar-refractivity contribution in [2.75, 3.05) is 0 Å². The zero-order valence-corrected chi connectivity index (χ0v) is 12.4. The second-order valence-corrected chi connectivity index (χ2v) is 5.76. The number of aromatic nitrogens is 1. The molecule has 0 spiro atoms. The van der Waals surface area contributed by atoms with Crippen molar-refractivity contribution in [3.05, 3.63) is 63.0 Å². The Morgan fingerprint density at radius 3 is 2.59 bits per heavy atom. The standard InChI is InChI=1S/C14H13ClIN/c1-10-3-2-8-17-14(10)9-13(15)11-4-6-12(16)7-5-11/h2-8,13H,9H2,1H3. The number of aryl methyl sites for hydroxylation is 1. The Morgan fingerprint density at radius 2 is 1.94 bits per heavy atom. The van der Waals surface area contributed by atoms with E-state index in [0.717, 1.165) is 17.7 Å². The molecule has 1 aromatic heterocycles. The normalized spacial score (nSPS) is 12.4. The maximum atomic E-state index is 6.42. The molecule has 2 aromatic rings. The van der Waals surface area contributed by atoms with Gasteiger partial charge >= 0.3 is 0 Å². The molecular formula is C14H13ClIN. The number of hydrogen-bond donors (Lipinski definition) is 0. The van der Waals surface area contributed by atoms with Crippen molar-refractivity contribution in [1.29, 1.82) is 0 Å². The highest BCUT2D eigenvalue weighted by molar-refractivity contribution is 14.1. The van der Waals surface area contributed by atoms with Crippen LogP contribution in [0, 0.1) is 10.5 Å². The Kier molecular flexibility index (Phi) is 4.40. The topological polar surface area (TPSA) is 12.9 Å². The first-order valence-electron chi connectivity index (χ1n) is 5.47. The second kappa shape index (κ2) is 5.83. The van der Waals surface area contributed by atoms with E-state index in [0.29, 0.717) is 0 Å². The molecule has 3 heteroatoms. The molecule has 0 saturated heterocycles. The van der Waals surface area contributed by atoms with Crippen LogP contribution >= 0.6 is 34.2 Å². The Bertz CT molecular complexity index is 496. The SMILES string of the molecule is Cc1cccnc1CC(Cl)c1ccc(I)cc1. The van der Waals surface area contributed by atoms with Gasteiger partial charge in [0, 0.05) is 21.9 Å². The molecule has 1 atom stereocenters. The fourth-order valence-electron chi connectivity index (χ4n) is 1.69. The van der Waals surface area contributed by atoms with Crippen molar-refractivity contribution < 1.29 is 0 Å². The highest BCUT2D eigenvalue weighted by Gasteiger charge is 2.10. The maximum absolute atomic E-state index is 6.42. The summed E-state index contributed by atoms with van der Waals surface area (Å²) in [5.41, 5.74) is 3.42. The van der Waals surface area contributed by atoms with E-state index < -0.39 is 0 Å². The lowest BCUT2D eigenvalue weighted by Gasteiger charge is -2.11. The summed E-state index contributed by atoms with van der Waals surface area (Å²) < 4.78 is 1.23. The van der Waals surface area contributed by atoms with Crippen molar-refractivity contribution in [2.45, 2.75) is 18.7 Å². The average molecular weight is 358 g/mol. The van der Waals surface area contributed by atoms with Gasteiger partial charge in [-0.15, -0.1) is 11.6 Å². The minimum Gasteiger partial charge on any atom is -0.261 e. The van der Waals surface area contributed by atoms with Crippen molar-refractivity contribution >= 4 is 34.2 Å². The number of hydrogen-bond acceptors (Lipinski definition) is 1. The van der Waals surface area contributed by atoms with Gasteiger partial charge in [0.1, 0.15) is 0 Å². The first-order valence-corrected chi connectivity index (χ1v) is 6.98. The van der Waals surface area contributed by atoms with Crippen LogP contribution in [-0.2, 0) is 6.42 Å². The number of benzene rings is 1. The number of pyridine rings is 1. The van der Waals surface area contributed by atoms with Crippen LogP contribution in [0.2, 0.25) is 0 Å². The van der Waals surface area contributed by atoms with Gasteiger partial charge in [-0.1, -0.05) is 18.2 Å². The van der Waals surface area contributed by atoms with E-state index in [-0.39, 0.29) is 5.38 Å². The molecule has 0 saturated carbocycles. The summed E-state index contributed by atoms with van der Waals surface area (Å²) in [6, 6.07) is 12.3. The van der Waals surface area contributed by atoms with Crippen LogP contribution in [0.5, 0.6) is 0 Å². The predicted molar refractivity (Wildman–Crippen MR) is 80.4 cm³/mol. The largest absolute Gasteiger partial charge is 0.261 e. The summed E-state index contributed by atoms with van der Waals surface area (Å²) in [7, 11) is 0. The summed E-state index contributed by atoms with van der Waals surface area (Å²) in [6.07, 6.45) is 2.59. The van der Waals surface area contributed by atoms with Crippen molar-refractivity contribution in [3.63, 3.8) is 0 Å². The summed E-state index contributed by atoms with van der Waals surface area (Å²) in [6.45, 7) is 2.07. The van der Waals surface area contributed by atoms with Gasteiger partial charge in [0.15, 0.2) is 0 Å². The van der Waals surface area contributed by atoms with Gasteiger partial charge in [0.05, 0.1) is 5.38 Å². The molecule has 0 bridgehead atoms. The molecule has 0 fully saturated rings. The van der Waals surface area contributed by atoms with E-state index in [2.05, 4.69) is 64.8 Å². The molecule has 0 N–H and O–H groups in total. The molecule has 1 nitrogen and oxygen atoms in total. The summed E-state index contributed by atoms with van der Waals surface area (Å²) >= 11 is 8.72. The molecule has 0 amide bonds. The van der Waals surface area contributed by atoms with Crippen molar-refractivity contribution in [3.8, 4) is 0 Å². The van der Waals surface area contributed by atoms with Gasteiger partial charge in [-0.05, 0) is 58.8 Å². The molecular weight excluding hydrogens is 345 g/mol. The zero-order chi connectivity index (χ0) is 12.3. The highest BCUT2D eigenvalue weighted by Crippen LogP contribution is 2.25. The Labute approximate surface area is 120 Å². The van der Waals surface area contributed by atoms with E-state index in [1.165, 1.54) is 9.13 Å². The predicted octanol–water partition coefficient (Wildman–Crippen LogP) is 4.52. The molecule has 1 unspecified atom stereocenters. The van der Waals surface area contributed by atoms with Gasteiger partial charge < -0.3 is 0 Å². The first kappa shape index (κ1) is 12.8. The lowest BCUT2D eigenvalue weighted by atomic mass is 10.0. The molecule has 0 radical (unpaired) electrons. The van der Waals surface area contributed by atoms with Crippen LogP contribution in [0.4, 0.5) is 0 Å². The zero-order valence-electron chi connectivity index (χ0n) is 9.53. The van der Waals surface area contributed by atoms with E-state index >= 15 is 0 Å². The third-order valence-corrected chi connectivity index (χ3v) is 3.85. The molecule has 1 aromatic carbocycles. The van der Waals surface area contributed by atoms with Gasteiger partial charge in [-0.3, -0.25) is 4.98 Å². The fourth-order valence-corrected chi connectivity index (χ4v) is 2.34. The third-order valence-electron chi connectivity index (χ3n) is 2.72. The van der Waals surface area contributed by atoms with Crippen LogP contribution in [0.25, 0.3) is 0 Å². The van der Waals surface area contributed by atoms with Crippen LogP contribution in [0.1, 0.15) is 22.2 Å². The Hall–Kier alpha value is -0.610. The molecule has 2 rings (SSSR count). The minimum absolute atomic E-state index is 0.0133. The summed E-state index contributed by atoms with van der Waals surface area (Å²) in [5, 5.41) is -0.0133. The monoisotopic (exact) mass is 357 g/mol. The fraction of sp³-hybridized carbons (Fsp3) is 0.214. The lowest BCUT2D eigenvalue weighted by Crippen LogP contribution is -2.00. The molecule has 0 aliphatic carbocycles. The van der Waals surface area contributed by atoms with Crippen LogP contribution in [0.15, 0.2) is 42.6 Å². The first-order chi connectivity index (χ1) is 8.16. The number of nitrogens with zero attached hydrogens (tertiary/aromatic N) is 1. The molecule has 0 aliphatic rings. The molecule has 1 heterocycles. The van der Waals surface area contributed by atoms with Crippen molar-refractivity contribution in [1.82, 2.24) is 4.98 Å². The smallest absolute Gasteiger partial charge is 0.0640 e. The minimum atomic E-state index is -0.0133. The van der Waals surface area contributed by atoms with Gasteiger partial charge in [-0.25, -0.2) is 0 Å². The Balaban J connectivity index is 2.14. The van der Waals surface area contributed by atoms with E-state index in [9.17, 15) is 0 Å². The third kappa shape index (κ3) is 3.42. The average Bonchev–Trinajstić information content (AvgIpc) is 2.33. The van der Waals surface area contributed by atoms with Gasteiger partial charge in [-0.2, -0.15) is 0 Å². The van der Waals surface area contributed by atoms with E-state index in [1.807, 2.05) is 12.3 Å². The molecule has 0 aliphatic heterocycles. The van der Waals surface area contributed by atoms with E-state index in [1.54, 1.807) is 0 Å². The van der Waals surface area contributed by atoms with Crippen LogP contribution in [0.3, 0.4) is 0 Å². The van der Waals surface area contributed by atoms with Crippen molar-refractivity contribution in [2.24, 2.45) is 0 Å². The highest BCUT2D eigenvalue weighted by atomic mass is 127. The van der Waals surface area contributed by atoms with E-state index in [4.69, 9.17) is 11.6 Å². The van der Waals surface area contributed by atoms with Crippen LogP contribution in [-0.4, -0.2) is 4.98 Å². The van der Waals surface area contributed by atoms with Gasteiger partial charge in [0.25, 0.3) is 0 Å². The second-order valence-electron chi connectivity index (χ2n) is 3.99. The molecule has 17 heavy (non-hydrogen) atoms. The quantitative estimate of drug-likeness (QED) is 0.581. The number of rotatable bonds is 3. The van der Waals surface area contributed by atoms with Gasteiger partial charge in [0.2, 0.25) is 0 Å². The summed E-state index contributed by atoms with van der Waals surface area (Å²) in [4.78, 5) is 4.38. The Morgan fingerprint density at radius 1 is 1.24 bits per heavy atom. The number of halogens is 2. The number of alkyl halides is 1. The maximum Gasteiger partial charge on any atom is 0.0640 e. The van der Waals surface area contributed by atoms with Crippen LogP contribution < -0.4 is 0 Å². The molecule has 88 valence electrons. The lowest BCUT2D eigenvalue weighted by molar-refractivity contribution is 0.869. The summed E-state index contributed by atoms with van der Waals surface area (Å²) in [5.74, 6) is 0.